The lowest BCUT2D eigenvalue weighted by Crippen LogP contribution is -1.91. The molecule has 4 heteroatoms. The molecular formula is C7H9ClN2O. The van der Waals surface area contributed by atoms with Crippen LogP contribution < -0.4 is 0 Å². The molecule has 0 amide bonds. The van der Waals surface area contributed by atoms with Gasteiger partial charge in [-0.1, -0.05) is 11.6 Å². The molecule has 0 fully saturated rings. The van der Waals surface area contributed by atoms with Crippen molar-refractivity contribution < 1.29 is 5.11 Å². The summed E-state index contributed by atoms with van der Waals surface area (Å²) in [5.74, 6) is 1.01. The van der Waals surface area contributed by atoms with Gasteiger partial charge in [-0.25, -0.2) is 4.98 Å². The zero-order chi connectivity index (χ0) is 7.84. The van der Waals surface area contributed by atoms with Crippen molar-refractivity contribution in [3.05, 3.63) is 16.7 Å². The maximum Gasteiger partial charge on any atom is 0.134 e. The van der Waals surface area contributed by atoms with E-state index < -0.39 is 0 Å². The second-order valence-electron chi connectivity index (χ2n) is 2.68. The lowest BCUT2D eigenvalue weighted by molar-refractivity contribution is 0.277. The molecule has 0 radical (unpaired) electrons. The Morgan fingerprint density at radius 1 is 1.64 bits per heavy atom. The van der Waals surface area contributed by atoms with Crippen molar-refractivity contribution in [3.63, 3.8) is 0 Å². The van der Waals surface area contributed by atoms with Gasteiger partial charge in [0, 0.05) is 13.0 Å². The van der Waals surface area contributed by atoms with E-state index in [1.165, 1.54) is 0 Å². The molecule has 1 N–H and O–H groups in total. The number of hydrogen-bond donors (Lipinski definition) is 1. The minimum absolute atomic E-state index is 0.0567. The summed E-state index contributed by atoms with van der Waals surface area (Å²) < 4.78 is 1.97. The van der Waals surface area contributed by atoms with Gasteiger partial charge in [0.05, 0.1) is 6.61 Å². The van der Waals surface area contributed by atoms with E-state index in [1.807, 2.05) is 4.57 Å². The van der Waals surface area contributed by atoms with Gasteiger partial charge < -0.3 is 9.67 Å². The molecule has 0 aromatic carbocycles. The Morgan fingerprint density at radius 3 is 3.09 bits per heavy atom. The van der Waals surface area contributed by atoms with E-state index in [1.54, 1.807) is 0 Å². The quantitative estimate of drug-likeness (QED) is 0.686. The van der Waals surface area contributed by atoms with E-state index in [2.05, 4.69) is 4.98 Å². The summed E-state index contributed by atoms with van der Waals surface area (Å²) in [6.45, 7) is 0.889. The van der Waals surface area contributed by atoms with E-state index in [9.17, 15) is 0 Å². The fourth-order valence-corrected chi connectivity index (χ4v) is 1.73. The highest BCUT2D eigenvalue weighted by Gasteiger charge is 2.18. The van der Waals surface area contributed by atoms with Crippen molar-refractivity contribution in [2.75, 3.05) is 0 Å². The molecular weight excluding hydrogens is 164 g/mol. The topological polar surface area (TPSA) is 38.1 Å². The second-order valence-corrected chi connectivity index (χ2v) is 3.04. The number of halogens is 1. The minimum atomic E-state index is -0.0567. The first-order valence-corrected chi connectivity index (χ1v) is 4.05. The lowest BCUT2D eigenvalue weighted by atomic mass is 10.3. The zero-order valence-corrected chi connectivity index (χ0v) is 6.80. The van der Waals surface area contributed by atoms with Gasteiger partial charge in [0.15, 0.2) is 0 Å². The number of hydrogen-bond acceptors (Lipinski definition) is 2. The van der Waals surface area contributed by atoms with Crippen LogP contribution in [-0.4, -0.2) is 14.7 Å². The van der Waals surface area contributed by atoms with E-state index in [-0.39, 0.29) is 6.61 Å². The predicted molar refractivity (Wildman–Crippen MR) is 41.5 cm³/mol. The van der Waals surface area contributed by atoms with E-state index in [0.717, 1.165) is 25.2 Å². The molecule has 0 bridgehead atoms. The molecule has 3 nitrogen and oxygen atoms in total. The number of aliphatic hydroxyl groups is 1. The number of aliphatic hydroxyl groups excluding tert-OH is 1. The molecule has 0 aliphatic carbocycles. The van der Waals surface area contributed by atoms with Crippen LogP contribution in [0.1, 0.15) is 17.9 Å². The maximum absolute atomic E-state index is 8.82. The van der Waals surface area contributed by atoms with Crippen molar-refractivity contribution in [1.82, 2.24) is 9.55 Å². The van der Waals surface area contributed by atoms with Gasteiger partial charge in [0.25, 0.3) is 0 Å². The van der Waals surface area contributed by atoms with Crippen LogP contribution in [0, 0.1) is 0 Å². The van der Waals surface area contributed by atoms with Crippen molar-refractivity contribution >= 4 is 11.6 Å². The summed E-state index contributed by atoms with van der Waals surface area (Å²) in [5, 5.41) is 9.43. The predicted octanol–water partition coefficient (Wildman–Crippen LogP) is 0.975. The van der Waals surface area contributed by atoms with Crippen molar-refractivity contribution in [1.29, 1.82) is 0 Å². The molecule has 0 unspecified atom stereocenters. The molecule has 0 saturated heterocycles. The largest absolute Gasteiger partial charge is 0.390 e. The van der Waals surface area contributed by atoms with Gasteiger partial charge in [0.1, 0.15) is 16.7 Å². The second kappa shape index (κ2) is 2.50. The van der Waals surface area contributed by atoms with Crippen molar-refractivity contribution in [2.24, 2.45) is 0 Å². The van der Waals surface area contributed by atoms with Gasteiger partial charge in [-0.3, -0.25) is 0 Å². The lowest BCUT2D eigenvalue weighted by Gasteiger charge is -1.95. The molecule has 1 aromatic heterocycles. The van der Waals surface area contributed by atoms with Crippen LogP contribution in [0.5, 0.6) is 0 Å². The van der Waals surface area contributed by atoms with Crippen LogP contribution in [0.4, 0.5) is 0 Å². The highest BCUT2D eigenvalue weighted by atomic mass is 35.5. The van der Waals surface area contributed by atoms with Crippen LogP contribution in [0.2, 0.25) is 5.15 Å². The first-order chi connectivity index (χ1) is 5.33. The number of fused-ring (bicyclic) bond motifs is 1. The molecule has 0 saturated carbocycles. The summed E-state index contributed by atoms with van der Waals surface area (Å²) in [6, 6.07) is 0. The van der Waals surface area contributed by atoms with Gasteiger partial charge >= 0.3 is 0 Å². The highest BCUT2D eigenvalue weighted by Crippen LogP contribution is 2.23. The van der Waals surface area contributed by atoms with Crippen LogP contribution in [0.15, 0.2) is 0 Å². The molecule has 1 aromatic rings. The van der Waals surface area contributed by atoms with Crippen molar-refractivity contribution in [2.45, 2.75) is 26.0 Å². The van der Waals surface area contributed by atoms with Gasteiger partial charge in [-0.2, -0.15) is 0 Å². The number of rotatable bonds is 1. The molecule has 0 spiro atoms. The van der Waals surface area contributed by atoms with Gasteiger partial charge in [-0.05, 0) is 6.42 Å². The first-order valence-electron chi connectivity index (χ1n) is 3.67. The third-order valence-electron chi connectivity index (χ3n) is 1.98. The highest BCUT2D eigenvalue weighted by molar-refractivity contribution is 6.30. The standard InChI is InChI=1S/C7H9ClN2O/c8-7-5(4-11)9-6-2-1-3-10(6)7/h11H,1-4H2. The number of nitrogens with zero attached hydrogens (tertiary/aromatic N) is 2. The Labute approximate surface area is 69.6 Å². The van der Waals surface area contributed by atoms with Gasteiger partial charge in [0.2, 0.25) is 0 Å². The van der Waals surface area contributed by atoms with Gasteiger partial charge in [-0.15, -0.1) is 0 Å². The molecule has 2 rings (SSSR count). The van der Waals surface area contributed by atoms with E-state index in [4.69, 9.17) is 16.7 Å². The van der Waals surface area contributed by atoms with Crippen LogP contribution in [0.3, 0.4) is 0 Å². The number of aryl methyl sites for hydroxylation is 1. The Kier molecular flexibility index (Phi) is 1.62. The summed E-state index contributed by atoms with van der Waals surface area (Å²) in [7, 11) is 0. The monoisotopic (exact) mass is 172 g/mol. The molecule has 60 valence electrons. The van der Waals surface area contributed by atoms with Crippen molar-refractivity contribution in [3.8, 4) is 0 Å². The SMILES string of the molecule is OCc1nc2n(c1Cl)CCC2. The zero-order valence-electron chi connectivity index (χ0n) is 6.05. The average molecular weight is 173 g/mol. The normalized spacial score (nSPS) is 15.5. The Bertz CT molecular complexity index is 281. The third-order valence-corrected chi connectivity index (χ3v) is 2.40. The van der Waals surface area contributed by atoms with E-state index in [0.29, 0.717) is 10.8 Å². The molecule has 0 atom stereocenters. The summed E-state index contributed by atoms with van der Waals surface area (Å²) >= 11 is 5.91. The first kappa shape index (κ1) is 7.13. The Hall–Kier alpha value is -0.540. The average Bonchev–Trinajstić information content (AvgIpc) is 2.53. The molecule has 1 aliphatic rings. The molecule has 2 heterocycles. The summed E-state index contributed by atoms with van der Waals surface area (Å²) in [4.78, 5) is 4.19. The third kappa shape index (κ3) is 0.957. The molecule has 11 heavy (non-hydrogen) atoms. The van der Waals surface area contributed by atoms with Crippen LogP contribution >= 0.6 is 11.6 Å². The fourth-order valence-electron chi connectivity index (χ4n) is 1.45. The Morgan fingerprint density at radius 2 is 2.45 bits per heavy atom. The number of aromatic nitrogens is 2. The molecule has 1 aliphatic heterocycles. The maximum atomic E-state index is 8.82. The minimum Gasteiger partial charge on any atom is -0.390 e. The summed E-state index contributed by atoms with van der Waals surface area (Å²) in [5.41, 5.74) is 0.612. The van der Waals surface area contributed by atoms with Crippen LogP contribution in [0.25, 0.3) is 0 Å². The van der Waals surface area contributed by atoms with E-state index >= 15 is 0 Å². The smallest absolute Gasteiger partial charge is 0.134 e. The Balaban J connectivity index is 2.49. The van der Waals surface area contributed by atoms with Crippen LogP contribution in [-0.2, 0) is 19.6 Å². The summed E-state index contributed by atoms with van der Waals surface area (Å²) in [6.07, 6.45) is 2.10. The fraction of sp³-hybridized carbons (Fsp3) is 0.571. The number of imidazole rings is 1.